The number of aryl methyl sites for hydroxylation is 2. The highest BCUT2D eigenvalue weighted by atomic mass is 19.1. The number of hydrogen-bond donors (Lipinski definition) is 1. The van der Waals surface area contributed by atoms with Crippen LogP contribution in [-0.4, -0.2) is 30.3 Å². The standard InChI is InChI=1S/C22H23FN6O/c1-13-10-14(2)28-20(25-13)17(12-24-28)21(30)26-19-11-18(22(3,4)5)27-29(19)16-8-6-15(23)7-9-16/h6-12H,1-5H3,(H,26,30). The Morgan fingerprint density at radius 2 is 1.80 bits per heavy atom. The molecule has 0 atom stereocenters. The second kappa shape index (κ2) is 7.05. The largest absolute Gasteiger partial charge is 0.306 e. The van der Waals surface area contributed by atoms with Crippen molar-refractivity contribution in [1.29, 1.82) is 0 Å². The van der Waals surface area contributed by atoms with Gasteiger partial charge in [0.05, 0.1) is 17.6 Å². The molecule has 3 aromatic heterocycles. The van der Waals surface area contributed by atoms with E-state index in [0.717, 1.165) is 17.1 Å². The molecule has 0 aliphatic rings. The van der Waals surface area contributed by atoms with Crippen molar-refractivity contribution in [1.82, 2.24) is 24.4 Å². The zero-order valence-electron chi connectivity index (χ0n) is 17.6. The van der Waals surface area contributed by atoms with E-state index in [0.29, 0.717) is 22.7 Å². The molecule has 0 aliphatic carbocycles. The lowest BCUT2D eigenvalue weighted by atomic mass is 9.92. The first-order valence-electron chi connectivity index (χ1n) is 9.63. The van der Waals surface area contributed by atoms with E-state index in [1.165, 1.54) is 18.3 Å². The van der Waals surface area contributed by atoms with Crippen LogP contribution in [0.4, 0.5) is 10.2 Å². The first-order valence-corrected chi connectivity index (χ1v) is 9.63. The fraction of sp³-hybridized carbons (Fsp3) is 0.273. The van der Waals surface area contributed by atoms with Gasteiger partial charge in [-0.3, -0.25) is 4.79 Å². The molecule has 8 heteroatoms. The molecule has 30 heavy (non-hydrogen) atoms. The van der Waals surface area contributed by atoms with Gasteiger partial charge >= 0.3 is 0 Å². The number of hydrogen-bond acceptors (Lipinski definition) is 4. The van der Waals surface area contributed by atoms with Gasteiger partial charge < -0.3 is 5.32 Å². The molecule has 0 radical (unpaired) electrons. The van der Waals surface area contributed by atoms with Gasteiger partial charge in [0.25, 0.3) is 5.91 Å². The maximum atomic E-state index is 13.4. The van der Waals surface area contributed by atoms with E-state index in [2.05, 4.69) is 20.5 Å². The fourth-order valence-electron chi connectivity index (χ4n) is 3.23. The van der Waals surface area contributed by atoms with Gasteiger partial charge in [-0.2, -0.15) is 10.2 Å². The summed E-state index contributed by atoms with van der Waals surface area (Å²) >= 11 is 0. The smallest absolute Gasteiger partial charge is 0.262 e. The average molecular weight is 406 g/mol. The SMILES string of the molecule is Cc1cc(C)n2ncc(C(=O)Nc3cc(C(C)(C)C)nn3-c3ccc(F)cc3)c2n1. The zero-order chi connectivity index (χ0) is 21.6. The summed E-state index contributed by atoms with van der Waals surface area (Å²) in [5, 5.41) is 11.9. The number of amides is 1. The van der Waals surface area contributed by atoms with Crippen molar-refractivity contribution in [2.75, 3.05) is 5.32 Å². The molecule has 154 valence electrons. The van der Waals surface area contributed by atoms with Gasteiger partial charge in [0.2, 0.25) is 0 Å². The van der Waals surface area contributed by atoms with Crippen LogP contribution in [0, 0.1) is 19.7 Å². The topological polar surface area (TPSA) is 77.1 Å². The summed E-state index contributed by atoms with van der Waals surface area (Å²) in [6, 6.07) is 9.69. The van der Waals surface area contributed by atoms with Crippen LogP contribution in [0.1, 0.15) is 48.2 Å². The monoisotopic (exact) mass is 406 g/mol. The molecule has 7 nitrogen and oxygen atoms in total. The van der Waals surface area contributed by atoms with Crippen molar-refractivity contribution in [2.24, 2.45) is 0 Å². The Balaban J connectivity index is 1.76. The molecule has 0 fully saturated rings. The number of rotatable bonds is 3. The maximum Gasteiger partial charge on any atom is 0.262 e. The molecule has 4 aromatic rings. The summed E-state index contributed by atoms with van der Waals surface area (Å²) in [5.41, 5.74) is 3.77. The van der Waals surface area contributed by atoms with Gasteiger partial charge in [-0.25, -0.2) is 18.6 Å². The molecule has 0 unspecified atom stereocenters. The van der Waals surface area contributed by atoms with Gasteiger partial charge in [0.1, 0.15) is 17.2 Å². The molecule has 0 saturated carbocycles. The predicted octanol–water partition coefficient (Wildman–Crippen LogP) is 4.22. The molecule has 4 rings (SSSR count). The normalized spacial score (nSPS) is 11.8. The van der Waals surface area contributed by atoms with Crippen molar-refractivity contribution in [3.8, 4) is 5.69 Å². The van der Waals surface area contributed by atoms with Crippen molar-refractivity contribution in [3.63, 3.8) is 0 Å². The van der Waals surface area contributed by atoms with E-state index in [1.807, 2.05) is 46.8 Å². The number of anilines is 1. The van der Waals surface area contributed by atoms with Crippen LogP contribution < -0.4 is 5.32 Å². The van der Waals surface area contributed by atoms with Gasteiger partial charge in [-0.1, -0.05) is 20.8 Å². The number of nitrogens with one attached hydrogen (secondary N) is 1. The highest BCUT2D eigenvalue weighted by molar-refractivity contribution is 6.08. The van der Waals surface area contributed by atoms with Crippen molar-refractivity contribution in [2.45, 2.75) is 40.0 Å². The van der Waals surface area contributed by atoms with E-state index in [4.69, 9.17) is 0 Å². The highest BCUT2D eigenvalue weighted by Gasteiger charge is 2.23. The van der Waals surface area contributed by atoms with Crippen molar-refractivity contribution in [3.05, 3.63) is 71.1 Å². The molecule has 1 N–H and O–H groups in total. The Kier molecular flexibility index (Phi) is 4.64. The van der Waals surface area contributed by atoms with Gasteiger partial charge in [0.15, 0.2) is 5.65 Å². The lowest BCUT2D eigenvalue weighted by Gasteiger charge is -2.14. The van der Waals surface area contributed by atoms with Crippen molar-refractivity contribution >= 4 is 17.4 Å². The summed E-state index contributed by atoms with van der Waals surface area (Å²) in [6.45, 7) is 9.90. The molecule has 0 saturated heterocycles. The van der Waals surface area contributed by atoms with Gasteiger partial charge in [-0.05, 0) is 44.2 Å². The van der Waals surface area contributed by atoms with E-state index < -0.39 is 0 Å². The van der Waals surface area contributed by atoms with Crippen LogP contribution in [0.3, 0.4) is 0 Å². The first-order chi connectivity index (χ1) is 14.1. The number of aromatic nitrogens is 5. The minimum absolute atomic E-state index is 0.231. The summed E-state index contributed by atoms with van der Waals surface area (Å²) in [6.07, 6.45) is 1.51. The molecule has 0 aliphatic heterocycles. The molecule has 0 bridgehead atoms. The fourth-order valence-corrected chi connectivity index (χ4v) is 3.23. The quantitative estimate of drug-likeness (QED) is 0.553. The Bertz CT molecular complexity index is 1250. The van der Waals surface area contributed by atoms with E-state index in [-0.39, 0.29) is 17.1 Å². The molecular formula is C22H23FN6O. The minimum Gasteiger partial charge on any atom is -0.306 e. The summed E-state index contributed by atoms with van der Waals surface area (Å²) in [7, 11) is 0. The maximum absolute atomic E-state index is 13.4. The van der Waals surface area contributed by atoms with Crippen LogP contribution in [0.2, 0.25) is 0 Å². The molecular weight excluding hydrogens is 383 g/mol. The first kappa shape index (κ1) is 19.8. The summed E-state index contributed by atoms with van der Waals surface area (Å²) in [4.78, 5) is 17.6. The second-order valence-corrected chi connectivity index (χ2v) is 8.34. The second-order valence-electron chi connectivity index (χ2n) is 8.34. The third-order valence-electron chi connectivity index (χ3n) is 4.81. The zero-order valence-corrected chi connectivity index (χ0v) is 17.6. The summed E-state index contributed by atoms with van der Waals surface area (Å²) < 4.78 is 16.6. The predicted molar refractivity (Wildman–Crippen MR) is 113 cm³/mol. The number of fused-ring (bicyclic) bond motifs is 1. The third-order valence-corrected chi connectivity index (χ3v) is 4.81. The average Bonchev–Trinajstić information content (AvgIpc) is 3.26. The van der Waals surface area contributed by atoms with Crippen LogP contribution >= 0.6 is 0 Å². The number of benzene rings is 1. The third kappa shape index (κ3) is 3.56. The molecule has 1 aromatic carbocycles. The van der Waals surface area contributed by atoms with Gasteiger partial charge in [0, 0.05) is 22.9 Å². The number of carbonyl (C=O) groups excluding carboxylic acids is 1. The molecule has 0 spiro atoms. The Morgan fingerprint density at radius 3 is 2.47 bits per heavy atom. The van der Waals surface area contributed by atoms with E-state index in [1.54, 1.807) is 21.3 Å². The number of halogens is 1. The van der Waals surface area contributed by atoms with Crippen LogP contribution in [-0.2, 0) is 5.41 Å². The summed E-state index contributed by atoms with van der Waals surface area (Å²) in [5.74, 6) is -0.192. The Hall–Kier alpha value is -3.55. The molecule has 3 heterocycles. The lowest BCUT2D eigenvalue weighted by Crippen LogP contribution is -2.15. The Labute approximate surface area is 173 Å². The van der Waals surface area contributed by atoms with Gasteiger partial charge in [-0.15, -0.1) is 0 Å². The Morgan fingerprint density at radius 1 is 1.10 bits per heavy atom. The van der Waals surface area contributed by atoms with Crippen LogP contribution in [0.25, 0.3) is 11.3 Å². The molecule has 1 amide bonds. The van der Waals surface area contributed by atoms with E-state index >= 15 is 0 Å². The number of carbonyl (C=O) groups is 1. The van der Waals surface area contributed by atoms with Crippen LogP contribution in [0.5, 0.6) is 0 Å². The van der Waals surface area contributed by atoms with E-state index in [9.17, 15) is 9.18 Å². The highest BCUT2D eigenvalue weighted by Crippen LogP contribution is 2.27. The van der Waals surface area contributed by atoms with Crippen molar-refractivity contribution < 1.29 is 9.18 Å². The lowest BCUT2D eigenvalue weighted by molar-refractivity contribution is 0.102. The minimum atomic E-state index is -0.341. The van der Waals surface area contributed by atoms with Crippen LogP contribution in [0.15, 0.2) is 42.6 Å². The number of nitrogens with zero attached hydrogens (tertiary/aromatic N) is 5.